The summed E-state index contributed by atoms with van der Waals surface area (Å²) >= 11 is 6.56. The number of nitrogens with one attached hydrogen (secondary N) is 1. The van der Waals surface area contributed by atoms with E-state index in [9.17, 15) is 14.7 Å². The quantitative estimate of drug-likeness (QED) is 0.558. The summed E-state index contributed by atoms with van der Waals surface area (Å²) < 4.78 is 16.8. The lowest BCUT2D eigenvalue weighted by Gasteiger charge is -2.38. The second kappa shape index (κ2) is 10.2. The van der Waals surface area contributed by atoms with Gasteiger partial charge in [0, 0.05) is 32.2 Å². The second-order valence-electron chi connectivity index (χ2n) is 9.75. The topological polar surface area (TPSA) is 101 Å². The first-order chi connectivity index (χ1) is 16.6. The van der Waals surface area contributed by atoms with Crippen LogP contribution in [0, 0.1) is 5.92 Å². The summed E-state index contributed by atoms with van der Waals surface area (Å²) in [5, 5.41) is 14.0. The van der Waals surface area contributed by atoms with Crippen LogP contribution in [0.4, 0.5) is 10.5 Å². The molecule has 2 unspecified atom stereocenters. The first kappa shape index (κ1) is 25.5. The van der Waals surface area contributed by atoms with Gasteiger partial charge in [-0.3, -0.25) is 10.1 Å². The zero-order valence-electron chi connectivity index (χ0n) is 20.5. The molecule has 3 heterocycles. The van der Waals surface area contributed by atoms with Crippen LogP contribution in [-0.4, -0.2) is 55.3 Å². The van der Waals surface area contributed by atoms with Gasteiger partial charge in [0.25, 0.3) is 0 Å². The van der Waals surface area contributed by atoms with Crippen molar-refractivity contribution in [3.05, 3.63) is 46.5 Å². The molecule has 35 heavy (non-hydrogen) atoms. The Balaban J connectivity index is 1.63. The SMILES string of the molecule is COc1cc2cc(c1Cl)N(C)C(=O)CCC1O[C@H]1[C@H](C)C1C[C@](O)(C/C=C/C=C(\C)C2)NC(=O)O1. The highest BCUT2D eigenvalue weighted by Gasteiger charge is 2.50. The van der Waals surface area contributed by atoms with E-state index in [2.05, 4.69) is 5.32 Å². The van der Waals surface area contributed by atoms with Gasteiger partial charge in [0.15, 0.2) is 0 Å². The molecule has 0 aliphatic carbocycles. The minimum Gasteiger partial charge on any atom is -0.495 e. The average Bonchev–Trinajstić information content (AvgIpc) is 3.59. The van der Waals surface area contributed by atoms with Crippen molar-refractivity contribution < 1.29 is 28.9 Å². The monoisotopic (exact) mass is 504 g/mol. The van der Waals surface area contributed by atoms with Crippen LogP contribution in [0.2, 0.25) is 5.02 Å². The van der Waals surface area contributed by atoms with E-state index < -0.39 is 17.9 Å². The van der Waals surface area contributed by atoms with Gasteiger partial charge in [-0.1, -0.05) is 42.3 Å². The van der Waals surface area contributed by atoms with Crippen molar-refractivity contribution in [1.82, 2.24) is 5.32 Å². The summed E-state index contributed by atoms with van der Waals surface area (Å²) in [6.07, 6.45) is 6.25. The molecule has 8 nitrogen and oxygen atoms in total. The molecule has 0 saturated carbocycles. The molecule has 2 N–H and O–H groups in total. The fraction of sp³-hybridized carbons (Fsp3) is 0.538. The summed E-state index contributed by atoms with van der Waals surface area (Å²) in [6.45, 7) is 3.95. The Morgan fingerprint density at radius 3 is 2.80 bits per heavy atom. The van der Waals surface area contributed by atoms with Crippen molar-refractivity contribution in [3.63, 3.8) is 0 Å². The largest absolute Gasteiger partial charge is 0.495 e. The van der Waals surface area contributed by atoms with Crippen molar-refractivity contribution >= 4 is 29.3 Å². The summed E-state index contributed by atoms with van der Waals surface area (Å²) in [4.78, 5) is 26.8. The third-order valence-electron chi connectivity index (χ3n) is 6.99. The molecular weight excluding hydrogens is 472 g/mol. The van der Waals surface area contributed by atoms with E-state index >= 15 is 0 Å². The molecule has 4 bridgehead atoms. The third kappa shape index (κ3) is 5.82. The molecule has 1 aromatic rings. The number of ether oxygens (including phenoxy) is 3. The lowest BCUT2D eigenvalue weighted by Crippen LogP contribution is -2.57. The number of benzene rings is 1. The number of allylic oxidation sites excluding steroid dienone is 3. The van der Waals surface area contributed by atoms with Crippen molar-refractivity contribution in [1.29, 1.82) is 0 Å². The molecule has 2 fully saturated rings. The predicted molar refractivity (Wildman–Crippen MR) is 133 cm³/mol. The number of alkyl carbamates (subject to hydrolysis) is 1. The molecule has 4 rings (SSSR count). The number of rotatable bonds is 1. The van der Waals surface area contributed by atoms with Crippen molar-refractivity contribution in [2.75, 3.05) is 19.1 Å². The Kier molecular flexibility index (Phi) is 7.45. The van der Waals surface area contributed by atoms with E-state index in [0.717, 1.165) is 11.1 Å². The van der Waals surface area contributed by atoms with Crippen molar-refractivity contribution in [3.8, 4) is 5.75 Å². The first-order valence-corrected chi connectivity index (χ1v) is 12.3. The zero-order chi connectivity index (χ0) is 25.3. The van der Waals surface area contributed by atoms with Crippen LogP contribution in [0.3, 0.4) is 0 Å². The van der Waals surface area contributed by atoms with E-state index in [1.165, 1.54) is 0 Å². The van der Waals surface area contributed by atoms with Gasteiger partial charge in [-0.15, -0.1) is 0 Å². The zero-order valence-corrected chi connectivity index (χ0v) is 21.3. The number of hydrogen-bond acceptors (Lipinski definition) is 6. The van der Waals surface area contributed by atoms with Gasteiger partial charge in [0.2, 0.25) is 5.91 Å². The van der Waals surface area contributed by atoms with Crippen LogP contribution < -0.4 is 15.0 Å². The number of carbonyl (C=O) groups excluding carboxylic acids is 2. The van der Waals surface area contributed by atoms with Gasteiger partial charge in [0.05, 0.1) is 25.0 Å². The average molecular weight is 505 g/mol. The van der Waals surface area contributed by atoms with Crippen LogP contribution >= 0.6 is 11.6 Å². The standard InChI is InChI=1S/C26H33ClN2O6/c1-15-7-5-6-10-26(32)14-21(35-25(31)28-26)16(2)24-19(34-24)8-9-22(30)29(3)18-12-17(11-15)13-20(33-4)23(18)27/h5-7,12-13,16,19,21,24,32H,8-11,14H2,1-4H3,(H,28,31)/b6-5+,15-7+/t16-,19?,21?,24+,26-/m1/s1. The van der Waals surface area contributed by atoms with Crippen LogP contribution in [0.5, 0.6) is 5.75 Å². The molecule has 3 aliphatic heterocycles. The molecule has 2 amide bonds. The summed E-state index contributed by atoms with van der Waals surface area (Å²) in [7, 11) is 3.27. The fourth-order valence-corrected chi connectivity index (χ4v) is 5.16. The van der Waals surface area contributed by atoms with Crippen LogP contribution in [0.1, 0.15) is 45.1 Å². The molecule has 2 saturated heterocycles. The number of halogens is 1. The Hall–Kier alpha value is -2.55. The summed E-state index contributed by atoms with van der Waals surface area (Å²) in [6, 6.07) is 3.79. The van der Waals surface area contributed by atoms with Gasteiger partial charge >= 0.3 is 6.09 Å². The molecule has 0 radical (unpaired) electrons. The molecule has 190 valence electrons. The smallest absolute Gasteiger partial charge is 0.409 e. The van der Waals surface area contributed by atoms with E-state index in [0.29, 0.717) is 29.3 Å². The summed E-state index contributed by atoms with van der Waals surface area (Å²) in [5.41, 5.74) is 1.23. The Bertz CT molecular complexity index is 1060. The van der Waals surface area contributed by atoms with Crippen molar-refractivity contribution in [2.45, 2.75) is 70.0 Å². The van der Waals surface area contributed by atoms with Gasteiger partial charge in [-0.25, -0.2) is 4.79 Å². The van der Waals surface area contributed by atoms with Crippen LogP contribution in [0.15, 0.2) is 35.9 Å². The minimum absolute atomic E-state index is 0.0798. The van der Waals surface area contributed by atoms with E-state index in [-0.39, 0.29) is 43.3 Å². The maximum Gasteiger partial charge on any atom is 0.409 e. The summed E-state index contributed by atoms with van der Waals surface area (Å²) in [5.74, 6) is 0.315. The second-order valence-corrected chi connectivity index (χ2v) is 10.1. The number of anilines is 1. The number of fused-ring (bicyclic) bond motifs is 5. The van der Waals surface area contributed by atoms with Gasteiger partial charge < -0.3 is 24.2 Å². The fourth-order valence-electron chi connectivity index (χ4n) is 4.85. The number of epoxide rings is 1. The Morgan fingerprint density at radius 1 is 1.29 bits per heavy atom. The van der Waals surface area contributed by atoms with Crippen molar-refractivity contribution in [2.24, 2.45) is 5.92 Å². The molecular formula is C26H33ClN2O6. The Morgan fingerprint density at radius 2 is 2.06 bits per heavy atom. The lowest BCUT2D eigenvalue weighted by atomic mass is 9.89. The molecule has 3 aliphatic rings. The highest BCUT2D eigenvalue weighted by atomic mass is 35.5. The molecule has 9 heteroatoms. The first-order valence-electron chi connectivity index (χ1n) is 11.9. The number of carbonyl (C=O) groups is 2. The molecule has 5 atom stereocenters. The maximum absolute atomic E-state index is 13.0. The minimum atomic E-state index is -1.39. The number of nitrogens with zero attached hydrogens (tertiary/aromatic N) is 1. The molecule has 1 aromatic carbocycles. The maximum atomic E-state index is 13.0. The third-order valence-corrected chi connectivity index (χ3v) is 7.37. The van der Waals surface area contributed by atoms with Crippen LogP contribution in [0.25, 0.3) is 0 Å². The highest BCUT2D eigenvalue weighted by Crippen LogP contribution is 2.40. The number of hydrogen-bond donors (Lipinski definition) is 2. The van der Waals surface area contributed by atoms with Crippen LogP contribution in [-0.2, 0) is 20.7 Å². The molecule has 0 aromatic heterocycles. The number of methoxy groups -OCH3 is 1. The molecule has 0 spiro atoms. The van der Waals surface area contributed by atoms with E-state index in [1.807, 2.05) is 44.2 Å². The Labute approximate surface area is 210 Å². The van der Waals surface area contributed by atoms with Gasteiger partial charge in [-0.05, 0) is 37.5 Å². The predicted octanol–water partition coefficient (Wildman–Crippen LogP) is 4.13. The lowest BCUT2D eigenvalue weighted by molar-refractivity contribution is -0.118. The number of aliphatic hydroxyl groups is 1. The van der Waals surface area contributed by atoms with Gasteiger partial charge in [0.1, 0.15) is 22.6 Å². The highest BCUT2D eigenvalue weighted by molar-refractivity contribution is 6.35. The van der Waals surface area contributed by atoms with Gasteiger partial charge in [-0.2, -0.15) is 0 Å². The van der Waals surface area contributed by atoms with E-state index in [1.54, 1.807) is 19.1 Å². The normalized spacial score (nSPS) is 34.1. The number of amides is 2. The van der Waals surface area contributed by atoms with E-state index in [4.69, 9.17) is 25.8 Å².